The lowest BCUT2D eigenvalue weighted by Gasteiger charge is -2.27. The molecule has 1 aromatic heterocycles. The van der Waals surface area contributed by atoms with E-state index in [2.05, 4.69) is 15.2 Å². The summed E-state index contributed by atoms with van der Waals surface area (Å²) >= 11 is 1.46. The van der Waals surface area contributed by atoms with Crippen LogP contribution in [0.25, 0.3) is 0 Å². The van der Waals surface area contributed by atoms with Crippen molar-refractivity contribution in [3.63, 3.8) is 0 Å². The third-order valence-corrected chi connectivity index (χ3v) is 6.01. The number of nitrogen functional groups attached to an aromatic ring is 1. The number of carbonyl (C=O) groups is 1. The highest BCUT2D eigenvalue weighted by Gasteiger charge is 2.41. The number of nitrogens with two attached hydrogens (primary N) is 1. The van der Waals surface area contributed by atoms with E-state index in [1.807, 2.05) is 4.90 Å². The Morgan fingerprint density at radius 3 is 2.81 bits per heavy atom. The first-order chi connectivity index (χ1) is 10.2. The van der Waals surface area contributed by atoms with Crippen molar-refractivity contribution >= 4 is 28.2 Å². The normalized spacial score (nSPS) is 28.4. The van der Waals surface area contributed by atoms with E-state index in [0.29, 0.717) is 22.7 Å². The molecule has 21 heavy (non-hydrogen) atoms. The van der Waals surface area contributed by atoms with Crippen molar-refractivity contribution in [1.29, 1.82) is 0 Å². The average Bonchev–Trinajstić information content (AvgIpc) is 3.22. The molecule has 1 aromatic rings. The predicted molar refractivity (Wildman–Crippen MR) is 83.8 cm³/mol. The van der Waals surface area contributed by atoms with Gasteiger partial charge < -0.3 is 20.9 Å². The molecule has 0 radical (unpaired) electrons. The van der Waals surface area contributed by atoms with E-state index in [9.17, 15) is 4.79 Å². The number of hydrogen-bond donors (Lipinski definition) is 2. The minimum atomic E-state index is 0.0959. The SMILES string of the molecule is Nc1nc(N2CCNCC2)sc1C(=O)N1CC2CCC1C2. The van der Waals surface area contributed by atoms with E-state index >= 15 is 0 Å². The number of rotatable bonds is 2. The van der Waals surface area contributed by atoms with Crippen molar-refractivity contribution in [2.24, 2.45) is 5.92 Å². The molecular formula is C14H21N5OS. The van der Waals surface area contributed by atoms with Crippen LogP contribution in [0.15, 0.2) is 0 Å². The number of thiazole rings is 1. The Morgan fingerprint density at radius 1 is 1.33 bits per heavy atom. The van der Waals surface area contributed by atoms with Gasteiger partial charge in [0.15, 0.2) is 5.13 Å². The van der Waals surface area contributed by atoms with Gasteiger partial charge in [-0.1, -0.05) is 11.3 Å². The summed E-state index contributed by atoms with van der Waals surface area (Å²) in [7, 11) is 0. The summed E-state index contributed by atoms with van der Waals surface area (Å²) in [6, 6.07) is 0.437. The Balaban J connectivity index is 1.54. The van der Waals surface area contributed by atoms with Crippen LogP contribution in [0, 0.1) is 5.92 Å². The molecule has 1 amide bonds. The summed E-state index contributed by atoms with van der Waals surface area (Å²) in [4.78, 5) is 22.1. The van der Waals surface area contributed by atoms with Crippen LogP contribution >= 0.6 is 11.3 Å². The summed E-state index contributed by atoms with van der Waals surface area (Å²) in [5.74, 6) is 1.21. The zero-order chi connectivity index (χ0) is 14.4. The minimum absolute atomic E-state index is 0.0959. The summed E-state index contributed by atoms with van der Waals surface area (Å²) in [6.07, 6.45) is 3.60. The highest BCUT2D eigenvalue weighted by molar-refractivity contribution is 7.18. The highest BCUT2D eigenvalue weighted by atomic mass is 32.1. The van der Waals surface area contributed by atoms with E-state index in [1.54, 1.807) is 0 Å². The number of nitrogens with zero attached hydrogens (tertiary/aromatic N) is 3. The number of hydrogen-bond acceptors (Lipinski definition) is 6. The first kappa shape index (κ1) is 13.3. The van der Waals surface area contributed by atoms with Crippen LogP contribution < -0.4 is 16.0 Å². The Morgan fingerprint density at radius 2 is 2.14 bits per heavy atom. The second-order valence-electron chi connectivity index (χ2n) is 6.24. The van der Waals surface area contributed by atoms with E-state index in [0.717, 1.165) is 44.3 Å². The molecule has 1 saturated carbocycles. The summed E-state index contributed by atoms with van der Waals surface area (Å²) in [6.45, 7) is 4.67. The van der Waals surface area contributed by atoms with Crippen molar-refractivity contribution in [2.75, 3.05) is 43.4 Å². The van der Waals surface area contributed by atoms with Gasteiger partial charge in [0.1, 0.15) is 10.7 Å². The Hall–Kier alpha value is -1.34. The number of nitrogens with one attached hydrogen (secondary N) is 1. The molecule has 0 aromatic carbocycles. The van der Waals surface area contributed by atoms with Crippen LogP contribution in [0.4, 0.5) is 10.9 Å². The van der Waals surface area contributed by atoms with Crippen molar-refractivity contribution in [3.8, 4) is 0 Å². The van der Waals surface area contributed by atoms with Gasteiger partial charge in [-0.15, -0.1) is 0 Å². The molecule has 4 rings (SSSR count). The molecule has 2 saturated heterocycles. The monoisotopic (exact) mass is 307 g/mol. The molecule has 6 nitrogen and oxygen atoms in total. The van der Waals surface area contributed by atoms with E-state index in [1.165, 1.54) is 24.2 Å². The molecule has 0 spiro atoms. The number of anilines is 2. The number of carbonyl (C=O) groups excluding carboxylic acids is 1. The van der Waals surface area contributed by atoms with Crippen molar-refractivity contribution in [2.45, 2.75) is 25.3 Å². The van der Waals surface area contributed by atoms with Crippen LogP contribution in [-0.4, -0.2) is 54.6 Å². The van der Waals surface area contributed by atoms with Crippen LogP contribution in [0.3, 0.4) is 0 Å². The topological polar surface area (TPSA) is 74.5 Å². The summed E-state index contributed by atoms with van der Waals surface area (Å²) in [5.41, 5.74) is 6.02. The Kier molecular flexibility index (Phi) is 3.26. The lowest BCUT2D eigenvalue weighted by molar-refractivity contribution is 0.0709. The van der Waals surface area contributed by atoms with E-state index in [-0.39, 0.29) is 5.91 Å². The standard InChI is InChI=1S/C14H21N5OS/c15-12-11(13(20)19-8-9-1-2-10(19)7-9)21-14(17-12)18-5-3-16-4-6-18/h9-10,16H,1-8,15H2. The molecule has 3 N–H and O–H groups in total. The maximum atomic E-state index is 12.7. The maximum Gasteiger partial charge on any atom is 0.268 e. The van der Waals surface area contributed by atoms with Gasteiger partial charge in [0, 0.05) is 38.8 Å². The lowest BCUT2D eigenvalue weighted by Crippen LogP contribution is -2.43. The number of fused-ring (bicyclic) bond motifs is 2. The quantitative estimate of drug-likeness (QED) is 0.844. The summed E-state index contributed by atoms with van der Waals surface area (Å²) in [5, 5.41) is 4.21. The number of likely N-dealkylation sites (tertiary alicyclic amines) is 1. The average molecular weight is 307 g/mol. The summed E-state index contributed by atoms with van der Waals surface area (Å²) < 4.78 is 0. The van der Waals surface area contributed by atoms with Gasteiger partial charge in [0.25, 0.3) is 5.91 Å². The first-order valence-corrected chi connectivity index (χ1v) is 8.57. The van der Waals surface area contributed by atoms with Crippen molar-refractivity contribution < 1.29 is 4.79 Å². The number of aromatic nitrogens is 1. The van der Waals surface area contributed by atoms with Crippen molar-refractivity contribution in [1.82, 2.24) is 15.2 Å². The zero-order valence-corrected chi connectivity index (χ0v) is 12.9. The fraction of sp³-hybridized carbons (Fsp3) is 0.714. The molecule has 2 bridgehead atoms. The second kappa shape index (κ2) is 5.14. The molecule has 3 fully saturated rings. The van der Waals surface area contributed by atoms with Crippen LogP contribution in [0.5, 0.6) is 0 Å². The molecule has 1 aliphatic carbocycles. The third-order valence-electron chi connectivity index (χ3n) is 4.89. The van der Waals surface area contributed by atoms with Gasteiger partial charge in [-0.3, -0.25) is 4.79 Å². The molecule has 114 valence electrons. The van der Waals surface area contributed by atoms with Crippen LogP contribution in [-0.2, 0) is 0 Å². The number of piperidine rings is 1. The van der Waals surface area contributed by atoms with Gasteiger partial charge in [-0.05, 0) is 25.2 Å². The second-order valence-corrected chi connectivity index (χ2v) is 7.22. The van der Waals surface area contributed by atoms with Gasteiger partial charge in [0.2, 0.25) is 0 Å². The fourth-order valence-electron chi connectivity index (χ4n) is 3.77. The highest BCUT2D eigenvalue weighted by Crippen LogP contribution is 2.39. The van der Waals surface area contributed by atoms with E-state index in [4.69, 9.17) is 5.73 Å². The molecule has 3 aliphatic rings. The molecule has 7 heteroatoms. The maximum absolute atomic E-state index is 12.7. The van der Waals surface area contributed by atoms with Gasteiger partial charge in [-0.2, -0.15) is 0 Å². The number of amides is 1. The van der Waals surface area contributed by atoms with Gasteiger partial charge in [0.05, 0.1) is 0 Å². The minimum Gasteiger partial charge on any atom is -0.382 e. The molecule has 2 unspecified atom stereocenters. The number of piperazine rings is 1. The predicted octanol–water partition coefficient (Wildman–Crippen LogP) is 0.759. The Bertz CT molecular complexity index is 554. The molecular weight excluding hydrogens is 286 g/mol. The van der Waals surface area contributed by atoms with Crippen LogP contribution in [0.1, 0.15) is 28.9 Å². The van der Waals surface area contributed by atoms with Gasteiger partial charge in [-0.25, -0.2) is 4.98 Å². The lowest BCUT2D eigenvalue weighted by atomic mass is 10.1. The molecule has 2 atom stereocenters. The smallest absolute Gasteiger partial charge is 0.268 e. The first-order valence-electron chi connectivity index (χ1n) is 7.75. The largest absolute Gasteiger partial charge is 0.382 e. The van der Waals surface area contributed by atoms with E-state index < -0.39 is 0 Å². The van der Waals surface area contributed by atoms with Gasteiger partial charge >= 0.3 is 0 Å². The van der Waals surface area contributed by atoms with Crippen LogP contribution in [0.2, 0.25) is 0 Å². The fourth-order valence-corrected chi connectivity index (χ4v) is 4.76. The van der Waals surface area contributed by atoms with Crippen molar-refractivity contribution in [3.05, 3.63) is 4.88 Å². The molecule has 2 aliphatic heterocycles. The zero-order valence-electron chi connectivity index (χ0n) is 12.0. The third kappa shape index (κ3) is 2.28. The Labute approximate surface area is 128 Å². The molecule has 3 heterocycles.